The van der Waals surface area contributed by atoms with Gasteiger partial charge in [0.15, 0.2) is 0 Å². The number of unbranched alkanes of at least 4 members (excludes halogenated alkanes) is 7. The van der Waals surface area contributed by atoms with E-state index in [1.807, 2.05) is 0 Å². The molecule has 0 bridgehead atoms. The second-order valence-electron chi connectivity index (χ2n) is 6.91. The summed E-state index contributed by atoms with van der Waals surface area (Å²) < 4.78 is 0. The highest BCUT2D eigenvalue weighted by atomic mass is 15.1. The Morgan fingerprint density at radius 3 is 1.65 bits per heavy atom. The van der Waals surface area contributed by atoms with Gasteiger partial charge in [0.05, 0.1) is 0 Å². The van der Waals surface area contributed by atoms with Gasteiger partial charge in [0, 0.05) is 0 Å². The first kappa shape index (κ1) is 20.2. The van der Waals surface area contributed by atoms with Gasteiger partial charge < -0.3 is 4.90 Å². The van der Waals surface area contributed by atoms with Gasteiger partial charge in [0.1, 0.15) is 0 Å². The van der Waals surface area contributed by atoms with Crippen molar-refractivity contribution in [3.05, 3.63) is 35.9 Å². The van der Waals surface area contributed by atoms with Crippen LogP contribution in [0.4, 0.5) is 0 Å². The molecule has 132 valence electrons. The summed E-state index contributed by atoms with van der Waals surface area (Å²) in [4.78, 5) is 2.73. The number of hydrogen-bond donors (Lipinski definition) is 0. The quantitative estimate of drug-likeness (QED) is 0.335. The molecule has 0 amide bonds. The molecule has 0 spiro atoms. The molecule has 0 unspecified atom stereocenters. The van der Waals surface area contributed by atoms with Crippen molar-refractivity contribution in [1.82, 2.24) is 4.90 Å². The number of benzene rings is 1. The fraction of sp³-hybridized carbons (Fsp3) is 0.727. The summed E-state index contributed by atoms with van der Waals surface area (Å²) in [6, 6.07) is 10.9. The molecule has 1 nitrogen and oxygen atoms in total. The number of hydrogen-bond acceptors (Lipinski definition) is 1. The Labute approximate surface area is 145 Å². The van der Waals surface area contributed by atoms with Crippen LogP contribution in [-0.2, 0) is 6.42 Å². The topological polar surface area (TPSA) is 3.24 Å². The first-order chi connectivity index (χ1) is 11.4. The maximum atomic E-state index is 2.73. The largest absolute Gasteiger partial charge is 0.303 e. The summed E-state index contributed by atoms with van der Waals surface area (Å²) >= 11 is 0. The highest BCUT2D eigenvalue weighted by Gasteiger charge is 2.04. The zero-order valence-electron chi connectivity index (χ0n) is 15.7. The molecule has 1 aromatic rings. The van der Waals surface area contributed by atoms with E-state index in [0.717, 1.165) is 0 Å². The van der Waals surface area contributed by atoms with Gasteiger partial charge >= 0.3 is 0 Å². The van der Waals surface area contributed by atoms with Gasteiger partial charge in [-0.1, -0.05) is 82.7 Å². The third-order valence-corrected chi connectivity index (χ3v) is 4.69. The van der Waals surface area contributed by atoms with Crippen molar-refractivity contribution in [2.45, 2.75) is 84.5 Å². The highest BCUT2D eigenvalue weighted by Crippen LogP contribution is 2.09. The van der Waals surface area contributed by atoms with E-state index in [2.05, 4.69) is 49.1 Å². The molecule has 0 aliphatic heterocycles. The van der Waals surface area contributed by atoms with Crippen molar-refractivity contribution in [3.63, 3.8) is 0 Å². The van der Waals surface area contributed by atoms with Crippen LogP contribution in [0.5, 0.6) is 0 Å². The van der Waals surface area contributed by atoms with E-state index in [4.69, 9.17) is 0 Å². The Hall–Kier alpha value is -0.820. The van der Waals surface area contributed by atoms with E-state index < -0.39 is 0 Å². The molecule has 0 N–H and O–H groups in total. The minimum absolute atomic E-state index is 1.24. The molecule has 0 aliphatic rings. The summed E-state index contributed by atoms with van der Waals surface area (Å²) in [6.07, 6.45) is 15.0. The Kier molecular flexibility index (Phi) is 13.0. The van der Waals surface area contributed by atoms with Crippen LogP contribution in [-0.4, -0.2) is 24.5 Å². The normalized spacial score (nSPS) is 11.3. The Morgan fingerprint density at radius 2 is 1.13 bits per heavy atom. The predicted octanol–water partition coefficient (Wildman–Crippen LogP) is 6.47. The van der Waals surface area contributed by atoms with E-state index in [-0.39, 0.29) is 0 Å². The average Bonchev–Trinajstić information content (AvgIpc) is 2.59. The van der Waals surface area contributed by atoms with Crippen molar-refractivity contribution in [2.75, 3.05) is 19.6 Å². The first-order valence-corrected chi connectivity index (χ1v) is 10.1. The summed E-state index contributed by atoms with van der Waals surface area (Å²) in [5, 5.41) is 0. The van der Waals surface area contributed by atoms with Gasteiger partial charge in [-0.25, -0.2) is 0 Å². The fourth-order valence-corrected chi connectivity index (χ4v) is 3.17. The molecule has 0 saturated carbocycles. The second-order valence-corrected chi connectivity index (χ2v) is 6.91. The van der Waals surface area contributed by atoms with Crippen LogP contribution in [0.15, 0.2) is 30.3 Å². The van der Waals surface area contributed by atoms with Crippen LogP contribution < -0.4 is 0 Å². The summed E-state index contributed by atoms with van der Waals surface area (Å²) in [7, 11) is 0. The zero-order chi connectivity index (χ0) is 16.6. The lowest BCUT2D eigenvalue weighted by Gasteiger charge is -2.22. The molecule has 0 atom stereocenters. The number of rotatable bonds is 15. The summed E-state index contributed by atoms with van der Waals surface area (Å²) in [5.74, 6) is 0. The molecule has 0 aliphatic carbocycles. The van der Waals surface area contributed by atoms with Crippen LogP contribution in [0.1, 0.15) is 83.6 Å². The minimum Gasteiger partial charge on any atom is -0.303 e. The van der Waals surface area contributed by atoms with Gasteiger partial charge in [-0.15, -0.1) is 0 Å². The fourth-order valence-electron chi connectivity index (χ4n) is 3.17. The monoisotopic (exact) mass is 317 g/mol. The van der Waals surface area contributed by atoms with E-state index >= 15 is 0 Å². The molecular weight excluding hydrogens is 278 g/mol. The smallest absolute Gasteiger partial charge is 0.00186 e. The van der Waals surface area contributed by atoms with Gasteiger partial charge in [-0.05, 0) is 57.3 Å². The van der Waals surface area contributed by atoms with Crippen LogP contribution in [0, 0.1) is 0 Å². The first-order valence-electron chi connectivity index (χ1n) is 10.1. The minimum atomic E-state index is 1.24. The van der Waals surface area contributed by atoms with Crippen LogP contribution >= 0.6 is 0 Å². The van der Waals surface area contributed by atoms with Gasteiger partial charge in [-0.2, -0.15) is 0 Å². The van der Waals surface area contributed by atoms with Crippen molar-refractivity contribution in [2.24, 2.45) is 0 Å². The highest BCUT2D eigenvalue weighted by molar-refractivity contribution is 5.14. The maximum Gasteiger partial charge on any atom is -0.00186 e. The molecule has 0 radical (unpaired) electrons. The van der Waals surface area contributed by atoms with Crippen molar-refractivity contribution in [1.29, 1.82) is 0 Å². The van der Waals surface area contributed by atoms with Gasteiger partial charge in [0.2, 0.25) is 0 Å². The van der Waals surface area contributed by atoms with E-state index in [0.29, 0.717) is 0 Å². The molecule has 23 heavy (non-hydrogen) atoms. The molecule has 1 rings (SSSR count). The van der Waals surface area contributed by atoms with E-state index in [1.54, 1.807) is 0 Å². The van der Waals surface area contributed by atoms with Gasteiger partial charge in [-0.3, -0.25) is 0 Å². The third kappa shape index (κ3) is 11.4. The lowest BCUT2D eigenvalue weighted by atomic mass is 10.1. The zero-order valence-corrected chi connectivity index (χ0v) is 15.7. The van der Waals surface area contributed by atoms with Crippen molar-refractivity contribution >= 4 is 0 Å². The number of nitrogens with zero attached hydrogens (tertiary/aromatic N) is 1. The number of aryl methyl sites for hydroxylation is 1. The Morgan fingerprint density at radius 1 is 0.609 bits per heavy atom. The Bertz CT molecular complexity index is 334. The van der Waals surface area contributed by atoms with Gasteiger partial charge in [0.25, 0.3) is 0 Å². The summed E-state index contributed by atoms with van der Waals surface area (Å²) in [5.41, 5.74) is 1.49. The van der Waals surface area contributed by atoms with E-state index in [1.165, 1.54) is 95.8 Å². The SMILES string of the molecule is CCCCCCN(CCCCCC)CCCCc1ccccc1. The molecule has 0 aromatic heterocycles. The molecule has 0 heterocycles. The third-order valence-electron chi connectivity index (χ3n) is 4.69. The average molecular weight is 318 g/mol. The van der Waals surface area contributed by atoms with Crippen LogP contribution in [0.2, 0.25) is 0 Å². The molecule has 1 aromatic carbocycles. The summed E-state index contributed by atoms with van der Waals surface area (Å²) in [6.45, 7) is 8.53. The Balaban J connectivity index is 2.18. The maximum absolute atomic E-state index is 2.73. The molecule has 1 heteroatoms. The van der Waals surface area contributed by atoms with Crippen molar-refractivity contribution < 1.29 is 0 Å². The van der Waals surface area contributed by atoms with Crippen LogP contribution in [0.25, 0.3) is 0 Å². The van der Waals surface area contributed by atoms with E-state index in [9.17, 15) is 0 Å². The molecular formula is C22H39N. The molecule has 0 saturated heterocycles. The second kappa shape index (κ2) is 14.8. The lowest BCUT2D eigenvalue weighted by molar-refractivity contribution is 0.255. The lowest BCUT2D eigenvalue weighted by Crippen LogP contribution is -2.27. The van der Waals surface area contributed by atoms with Crippen LogP contribution in [0.3, 0.4) is 0 Å². The predicted molar refractivity (Wildman–Crippen MR) is 104 cm³/mol. The standard InChI is InChI=1S/C22H39N/c1-3-5-7-13-19-23(20-14-8-6-4-2)21-15-12-18-22-16-10-9-11-17-22/h9-11,16-17H,3-8,12-15,18-21H2,1-2H3. The van der Waals surface area contributed by atoms with Crippen molar-refractivity contribution in [3.8, 4) is 0 Å². The molecule has 0 fully saturated rings.